The van der Waals surface area contributed by atoms with Gasteiger partial charge >= 0.3 is 0 Å². The molecule has 4 nitrogen and oxygen atoms in total. The summed E-state index contributed by atoms with van der Waals surface area (Å²) in [4.78, 5) is 16.4. The predicted octanol–water partition coefficient (Wildman–Crippen LogP) is 2.47. The molecule has 0 unspecified atom stereocenters. The van der Waals surface area contributed by atoms with Gasteiger partial charge in [-0.05, 0) is 30.1 Å². The second-order valence-corrected chi connectivity index (χ2v) is 4.87. The van der Waals surface area contributed by atoms with Crippen molar-refractivity contribution in [3.8, 4) is 0 Å². The van der Waals surface area contributed by atoms with Gasteiger partial charge in [0, 0.05) is 11.8 Å². The van der Waals surface area contributed by atoms with E-state index in [1.54, 1.807) is 17.8 Å². The highest BCUT2D eigenvalue weighted by Gasteiger charge is 2.12. The number of hydrazone groups is 1. The van der Waals surface area contributed by atoms with E-state index >= 15 is 0 Å². The normalized spacial score (nSPS) is 20.6. The molecule has 1 N–H and O–H groups in total. The van der Waals surface area contributed by atoms with Crippen molar-refractivity contribution in [2.75, 3.05) is 12.3 Å². The molecule has 0 radical (unpaired) electrons. The van der Waals surface area contributed by atoms with Gasteiger partial charge in [-0.25, -0.2) is 5.43 Å². The van der Waals surface area contributed by atoms with E-state index in [4.69, 9.17) is 0 Å². The third kappa shape index (κ3) is 5.12. The number of allylic oxidation sites excluding steroid dienone is 3. The Kier molecular flexibility index (Phi) is 6.64. The summed E-state index contributed by atoms with van der Waals surface area (Å²) >= 11 is 1.66. The Bertz CT molecular complexity index is 509. The molecule has 0 spiro atoms. The van der Waals surface area contributed by atoms with Crippen LogP contribution in [0.4, 0.5) is 0 Å². The van der Waals surface area contributed by atoms with Gasteiger partial charge in [0.25, 0.3) is 0 Å². The lowest BCUT2D eigenvalue weighted by Gasteiger charge is -2.10. The Balaban J connectivity index is 3.10. The molecule has 0 atom stereocenters. The Morgan fingerprint density at radius 1 is 1.74 bits per heavy atom. The minimum atomic E-state index is -0.223. The molecule has 0 aromatic heterocycles. The van der Waals surface area contributed by atoms with Crippen LogP contribution in [-0.4, -0.2) is 29.6 Å². The molecule has 1 rings (SSSR count). The number of carbonyl (C=O) groups is 1. The van der Waals surface area contributed by atoms with E-state index in [0.29, 0.717) is 12.3 Å². The van der Waals surface area contributed by atoms with Crippen LogP contribution in [0.3, 0.4) is 0 Å². The molecule has 1 aliphatic heterocycles. The summed E-state index contributed by atoms with van der Waals surface area (Å²) in [6.07, 6.45) is 7.22. The molecule has 5 heteroatoms. The molecular formula is C14H17N3OS. The van der Waals surface area contributed by atoms with Gasteiger partial charge in [-0.1, -0.05) is 13.5 Å². The fourth-order valence-electron chi connectivity index (χ4n) is 1.35. The average molecular weight is 275 g/mol. The summed E-state index contributed by atoms with van der Waals surface area (Å²) < 4.78 is 0. The highest BCUT2D eigenvalue weighted by atomic mass is 32.2. The van der Waals surface area contributed by atoms with E-state index in [-0.39, 0.29) is 5.91 Å². The smallest absolute Gasteiger partial charge is 0.236 e. The summed E-state index contributed by atoms with van der Waals surface area (Å²) in [5.41, 5.74) is 6.74. The number of hydrogen-bond acceptors (Lipinski definition) is 4. The first-order valence-corrected chi connectivity index (χ1v) is 6.93. The lowest BCUT2D eigenvalue weighted by atomic mass is 10.2. The van der Waals surface area contributed by atoms with Crippen LogP contribution in [0, 0.1) is 0 Å². The summed E-state index contributed by atoms with van der Waals surface area (Å²) in [5, 5.41) is 4.04. The number of thioether (sulfide) groups is 1. The maximum absolute atomic E-state index is 10.9. The molecular weight excluding hydrogens is 258 g/mol. The third-order valence-electron chi connectivity index (χ3n) is 2.09. The molecule has 0 aliphatic carbocycles. The second-order valence-electron chi connectivity index (χ2n) is 3.56. The van der Waals surface area contributed by atoms with Crippen LogP contribution < -0.4 is 5.43 Å². The van der Waals surface area contributed by atoms with Crippen LogP contribution >= 0.6 is 11.8 Å². The first-order valence-electron chi connectivity index (χ1n) is 5.95. The molecule has 1 amide bonds. The number of aliphatic imine (C=N–C) groups is 1. The Hall–Kier alpha value is -1.84. The first-order chi connectivity index (χ1) is 9.19. The largest absolute Gasteiger partial charge is 0.277 e. The van der Waals surface area contributed by atoms with E-state index in [1.807, 2.05) is 18.2 Å². The highest BCUT2D eigenvalue weighted by Crippen LogP contribution is 2.19. The van der Waals surface area contributed by atoms with Crippen LogP contribution in [0.5, 0.6) is 0 Å². The van der Waals surface area contributed by atoms with Crippen molar-refractivity contribution >= 4 is 29.1 Å². The molecule has 0 aromatic rings. The summed E-state index contributed by atoms with van der Waals surface area (Å²) in [7, 11) is 0. The van der Waals surface area contributed by atoms with Gasteiger partial charge in [0.1, 0.15) is 5.71 Å². The van der Waals surface area contributed by atoms with Gasteiger partial charge in [-0.15, -0.1) is 17.5 Å². The molecule has 0 fully saturated rings. The van der Waals surface area contributed by atoms with E-state index in [0.717, 1.165) is 16.4 Å². The molecule has 19 heavy (non-hydrogen) atoms. The monoisotopic (exact) mass is 275 g/mol. The highest BCUT2D eigenvalue weighted by molar-refractivity contribution is 8.04. The molecule has 1 heterocycles. The van der Waals surface area contributed by atoms with Crippen molar-refractivity contribution in [1.29, 1.82) is 0 Å². The van der Waals surface area contributed by atoms with E-state index < -0.39 is 0 Å². The van der Waals surface area contributed by atoms with Gasteiger partial charge in [0.15, 0.2) is 0 Å². The summed E-state index contributed by atoms with van der Waals surface area (Å²) in [6, 6.07) is 0. The molecule has 100 valence electrons. The molecule has 0 saturated heterocycles. The Morgan fingerprint density at radius 2 is 2.53 bits per heavy atom. The predicted molar refractivity (Wildman–Crippen MR) is 82.6 cm³/mol. The van der Waals surface area contributed by atoms with Crippen LogP contribution in [0.25, 0.3) is 0 Å². The molecule has 1 aliphatic rings. The van der Waals surface area contributed by atoms with Crippen molar-refractivity contribution in [3.63, 3.8) is 0 Å². The number of nitrogens with one attached hydrogen (secondary N) is 1. The van der Waals surface area contributed by atoms with Crippen molar-refractivity contribution in [2.45, 2.75) is 13.8 Å². The number of carbonyl (C=O) groups excluding carboxylic acids is 1. The summed E-state index contributed by atoms with van der Waals surface area (Å²) in [5.74, 6) is 0.701. The molecule has 0 bridgehead atoms. The maximum atomic E-state index is 10.9. The third-order valence-corrected chi connectivity index (χ3v) is 3.02. The average Bonchev–Trinajstić information content (AvgIpc) is 2.36. The lowest BCUT2D eigenvalue weighted by Crippen LogP contribution is -2.21. The van der Waals surface area contributed by atoms with Crippen LogP contribution in [-0.2, 0) is 4.79 Å². The van der Waals surface area contributed by atoms with Crippen molar-refractivity contribution in [1.82, 2.24) is 5.43 Å². The Labute approximate surface area is 117 Å². The van der Waals surface area contributed by atoms with Gasteiger partial charge in [-0.2, -0.15) is 5.10 Å². The number of nitrogens with zero attached hydrogens (tertiary/aromatic N) is 2. The zero-order chi connectivity index (χ0) is 14.1. The fourth-order valence-corrected chi connectivity index (χ4v) is 2.13. The van der Waals surface area contributed by atoms with Gasteiger partial charge in [0.2, 0.25) is 5.91 Å². The Morgan fingerprint density at radius 3 is 3.16 bits per heavy atom. The first kappa shape index (κ1) is 15.2. The van der Waals surface area contributed by atoms with Gasteiger partial charge in [-0.3, -0.25) is 9.79 Å². The lowest BCUT2D eigenvalue weighted by molar-refractivity contribution is -0.118. The zero-order valence-electron chi connectivity index (χ0n) is 11.1. The van der Waals surface area contributed by atoms with Gasteiger partial charge < -0.3 is 0 Å². The zero-order valence-corrected chi connectivity index (χ0v) is 12.0. The summed E-state index contributed by atoms with van der Waals surface area (Å²) in [6.45, 7) is 7.73. The van der Waals surface area contributed by atoms with Crippen LogP contribution in [0.15, 0.2) is 51.6 Å². The number of amides is 1. The number of hydrogen-bond donors (Lipinski definition) is 1. The maximum Gasteiger partial charge on any atom is 0.236 e. The van der Waals surface area contributed by atoms with E-state index in [1.165, 1.54) is 6.92 Å². The molecule has 0 aromatic carbocycles. The topological polar surface area (TPSA) is 53.8 Å². The van der Waals surface area contributed by atoms with Crippen LogP contribution in [0.1, 0.15) is 13.8 Å². The minimum absolute atomic E-state index is 0.223. The van der Waals surface area contributed by atoms with E-state index in [2.05, 4.69) is 34.8 Å². The van der Waals surface area contributed by atoms with Crippen molar-refractivity contribution in [2.24, 2.45) is 10.1 Å². The quantitative estimate of drug-likeness (QED) is 0.476. The van der Waals surface area contributed by atoms with Crippen molar-refractivity contribution in [3.05, 3.63) is 41.5 Å². The SMILES string of the molecule is C=CC(=N\NC(C)=O)/C1=N/CC=C=C/C=C\1SCC. The minimum Gasteiger partial charge on any atom is -0.277 e. The van der Waals surface area contributed by atoms with Crippen LogP contribution in [0.2, 0.25) is 0 Å². The van der Waals surface area contributed by atoms with Crippen molar-refractivity contribution < 1.29 is 4.79 Å². The molecule has 0 saturated carbocycles. The van der Waals surface area contributed by atoms with E-state index in [9.17, 15) is 4.79 Å². The number of rotatable bonds is 5. The second kappa shape index (κ2) is 8.29. The van der Waals surface area contributed by atoms with Gasteiger partial charge in [0.05, 0.1) is 12.3 Å². The standard InChI is InChI=1S/C14H17N3OS/c1-4-12(17-16-11(3)18)14-13(19-5-2)9-7-6-8-10-15-14/h4,7-9H,1,5,10H2,2-3H3,(H,16,18)/b13-9+,15-14-,17-12+. The fraction of sp³-hybridized carbons (Fsp3) is 0.286.